The molecule has 1 saturated heterocycles. The number of aromatic nitrogens is 4. The Kier molecular flexibility index (Phi) is 5.85. The average Bonchev–Trinajstić information content (AvgIpc) is 3.02. The van der Waals surface area contributed by atoms with Gasteiger partial charge in [0.05, 0.1) is 23.6 Å². The van der Waals surface area contributed by atoms with Crippen molar-refractivity contribution in [3.63, 3.8) is 0 Å². The molecule has 0 radical (unpaired) electrons. The van der Waals surface area contributed by atoms with Gasteiger partial charge in [-0.15, -0.1) is 0 Å². The summed E-state index contributed by atoms with van der Waals surface area (Å²) in [7, 11) is 1.81. The van der Waals surface area contributed by atoms with Gasteiger partial charge in [-0.25, -0.2) is 9.67 Å². The van der Waals surface area contributed by atoms with Crippen molar-refractivity contribution in [3.8, 4) is 5.69 Å². The van der Waals surface area contributed by atoms with Crippen LogP contribution in [0, 0.1) is 6.92 Å². The Morgan fingerprint density at radius 1 is 1.10 bits per heavy atom. The van der Waals surface area contributed by atoms with Gasteiger partial charge in [0.1, 0.15) is 11.5 Å². The SMILES string of the molecule is Cc1c(NC(=O)C(C)N2CCN(c3cnccn3)CC2)c(=O)n(-c2ccccc2)n1C. The van der Waals surface area contributed by atoms with Crippen LogP contribution >= 0.6 is 0 Å². The van der Waals surface area contributed by atoms with Crippen LogP contribution in [-0.2, 0) is 11.8 Å². The van der Waals surface area contributed by atoms with Crippen molar-refractivity contribution in [2.45, 2.75) is 19.9 Å². The number of nitrogens with one attached hydrogen (secondary N) is 1. The molecule has 31 heavy (non-hydrogen) atoms. The van der Waals surface area contributed by atoms with Gasteiger partial charge < -0.3 is 10.2 Å². The minimum atomic E-state index is -0.354. The second-order valence-corrected chi connectivity index (χ2v) is 7.69. The van der Waals surface area contributed by atoms with Gasteiger partial charge in [-0.1, -0.05) is 18.2 Å². The summed E-state index contributed by atoms with van der Waals surface area (Å²) in [6.07, 6.45) is 5.09. The van der Waals surface area contributed by atoms with Gasteiger partial charge >= 0.3 is 0 Å². The molecule has 1 aliphatic heterocycles. The highest BCUT2D eigenvalue weighted by Crippen LogP contribution is 2.17. The van der Waals surface area contributed by atoms with E-state index in [4.69, 9.17) is 0 Å². The van der Waals surface area contributed by atoms with Crippen LogP contribution in [0.25, 0.3) is 5.69 Å². The number of hydrogen-bond donors (Lipinski definition) is 1. The van der Waals surface area contributed by atoms with Crippen LogP contribution in [0.5, 0.6) is 0 Å². The molecule has 1 amide bonds. The van der Waals surface area contributed by atoms with Gasteiger partial charge in [0.25, 0.3) is 5.56 Å². The Bertz CT molecular complexity index is 1100. The number of rotatable bonds is 5. The number of nitrogens with zero attached hydrogens (tertiary/aromatic N) is 6. The molecule has 4 rings (SSSR count). The van der Waals surface area contributed by atoms with Crippen LogP contribution < -0.4 is 15.8 Å². The molecule has 162 valence electrons. The largest absolute Gasteiger partial charge is 0.353 e. The van der Waals surface area contributed by atoms with Crippen LogP contribution in [0.4, 0.5) is 11.5 Å². The van der Waals surface area contributed by atoms with Crippen molar-refractivity contribution < 1.29 is 4.79 Å². The molecular weight excluding hydrogens is 394 g/mol. The molecule has 0 bridgehead atoms. The molecule has 1 unspecified atom stereocenters. The first-order valence-electron chi connectivity index (χ1n) is 10.4. The summed E-state index contributed by atoms with van der Waals surface area (Å²) in [5, 5.41) is 2.88. The first-order chi connectivity index (χ1) is 15.0. The molecule has 1 aliphatic rings. The van der Waals surface area contributed by atoms with Crippen molar-refractivity contribution in [3.05, 3.63) is 65.0 Å². The van der Waals surface area contributed by atoms with Gasteiger partial charge in [-0.3, -0.25) is 24.2 Å². The minimum absolute atomic E-state index is 0.182. The van der Waals surface area contributed by atoms with Crippen molar-refractivity contribution in [1.29, 1.82) is 0 Å². The summed E-state index contributed by atoms with van der Waals surface area (Å²) in [6.45, 7) is 6.70. The fraction of sp³-hybridized carbons (Fsp3) is 0.364. The summed E-state index contributed by atoms with van der Waals surface area (Å²) >= 11 is 0. The second kappa shape index (κ2) is 8.73. The van der Waals surface area contributed by atoms with E-state index < -0.39 is 0 Å². The van der Waals surface area contributed by atoms with Crippen LogP contribution in [-0.4, -0.2) is 62.4 Å². The predicted molar refractivity (Wildman–Crippen MR) is 120 cm³/mol. The lowest BCUT2D eigenvalue weighted by atomic mass is 10.2. The highest BCUT2D eigenvalue weighted by molar-refractivity contribution is 5.95. The molecule has 2 aromatic heterocycles. The lowest BCUT2D eigenvalue weighted by molar-refractivity contribution is -0.120. The molecule has 0 saturated carbocycles. The molecule has 1 atom stereocenters. The third-order valence-corrected chi connectivity index (χ3v) is 5.92. The van der Waals surface area contributed by atoms with Gasteiger partial charge in [0.2, 0.25) is 5.91 Å². The van der Waals surface area contributed by atoms with Crippen molar-refractivity contribution >= 4 is 17.4 Å². The summed E-state index contributed by atoms with van der Waals surface area (Å²) in [4.78, 5) is 38.8. The van der Waals surface area contributed by atoms with E-state index in [2.05, 4.69) is 25.1 Å². The Balaban J connectivity index is 1.45. The quantitative estimate of drug-likeness (QED) is 0.671. The normalized spacial score (nSPS) is 15.6. The van der Waals surface area contributed by atoms with Crippen molar-refractivity contribution in [1.82, 2.24) is 24.2 Å². The Labute approximate surface area is 180 Å². The maximum Gasteiger partial charge on any atom is 0.295 e. The number of carbonyl (C=O) groups is 1. The summed E-state index contributed by atoms with van der Waals surface area (Å²) in [5.41, 5.74) is 1.55. The van der Waals surface area contributed by atoms with E-state index in [9.17, 15) is 9.59 Å². The van der Waals surface area contributed by atoms with Gasteiger partial charge in [-0.05, 0) is 26.0 Å². The summed E-state index contributed by atoms with van der Waals surface area (Å²) in [6, 6.07) is 9.04. The van der Waals surface area contributed by atoms with E-state index in [1.165, 1.54) is 0 Å². The number of anilines is 2. The molecule has 1 fully saturated rings. The number of piperazine rings is 1. The molecular formula is C22H27N7O2. The van der Waals surface area contributed by atoms with E-state index in [0.29, 0.717) is 11.4 Å². The lowest BCUT2D eigenvalue weighted by Crippen LogP contribution is -2.53. The van der Waals surface area contributed by atoms with Crippen LogP contribution in [0.15, 0.2) is 53.7 Å². The van der Waals surface area contributed by atoms with E-state index in [1.807, 2.05) is 51.2 Å². The van der Waals surface area contributed by atoms with E-state index in [1.54, 1.807) is 28.0 Å². The Hall–Kier alpha value is -3.46. The predicted octanol–water partition coefficient (Wildman–Crippen LogP) is 1.42. The topological polar surface area (TPSA) is 88.3 Å². The van der Waals surface area contributed by atoms with Gasteiger partial charge in [0.15, 0.2) is 0 Å². The Morgan fingerprint density at radius 3 is 2.45 bits per heavy atom. The molecule has 1 aromatic carbocycles. The molecule has 1 N–H and O–H groups in total. The number of hydrogen-bond acceptors (Lipinski definition) is 6. The lowest BCUT2D eigenvalue weighted by Gasteiger charge is -2.37. The zero-order chi connectivity index (χ0) is 22.0. The molecule has 9 nitrogen and oxygen atoms in total. The second-order valence-electron chi connectivity index (χ2n) is 7.69. The number of benzene rings is 1. The molecule has 3 aromatic rings. The Morgan fingerprint density at radius 2 is 1.81 bits per heavy atom. The standard InChI is InChI=1S/C22H27N7O2/c1-16-20(22(31)29(26(16)3)18-7-5-4-6-8-18)25-21(30)17(2)27-11-13-28(14-12-27)19-15-23-9-10-24-19/h4-10,15,17H,11-14H2,1-3H3,(H,25,30). The van der Waals surface area contributed by atoms with E-state index in [-0.39, 0.29) is 17.5 Å². The fourth-order valence-electron chi connectivity index (χ4n) is 3.90. The van der Waals surface area contributed by atoms with Crippen LogP contribution in [0.1, 0.15) is 12.6 Å². The maximum atomic E-state index is 13.0. The third-order valence-electron chi connectivity index (χ3n) is 5.92. The molecule has 3 heterocycles. The fourth-order valence-corrected chi connectivity index (χ4v) is 3.90. The zero-order valence-corrected chi connectivity index (χ0v) is 18.0. The highest BCUT2D eigenvalue weighted by atomic mass is 16.2. The maximum absolute atomic E-state index is 13.0. The highest BCUT2D eigenvalue weighted by Gasteiger charge is 2.28. The smallest absolute Gasteiger partial charge is 0.295 e. The number of para-hydroxylation sites is 1. The van der Waals surface area contributed by atoms with Gasteiger partial charge in [-0.2, -0.15) is 0 Å². The first-order valence-corrected chi connectivity index (χ1v) is 10.4. The van der Waals surface area contributed by atoms with Gasteiger partial charge in [0, 0.05) is 45.6 Å². The average molecular weight is 422 g/mol. The third kappa shape index (κ3) is 4.09. The summed E-state index contributed by atoms with van der Waals surface area (Å²) < 4.78 is 3.33. The van der Waals surface area contributed by atoms with E-state index in [0.717, 1.165) is 37.7 Å². The summed E-state index contributed by atoms with van der Waals surface area (Å²) in [5.74, 6) is 0.666. The number of amides is 1. The van der Waals surface area contributed by atoms with Crippen molar-refractivity contribution in [2.24, 2.45) is 7.05 Å². The van der Waals surface area contributed by atoms with E-state index >= 15 is 0 Å². The minimum Gasteiger partial charge on any atom is -0.353 e. The zero-order valence-electron chi connectivity index (χ0n) is 18.0. The first kappa shape index (κ1) is 20.8. The molecule has 0 aliphatic carbocycles. The van der Waals surface area contributed by atoms with Crippen LogP contribution in [0.3, 0.4) is 0 Å². The molecule has 9 heteroatoms. The monoisotopic (exact) mass is 421 g/mol. The number of carbonyl (C=O) groups excluding carboxylic acids is 1. The van der Waals surface area contributed by atoms with Crippen molar-refractivity contribution in [2.75, 3.05) is 36.4 Å². The molecule has 0 spiro atoms. The van der Waals surface area contributed by atoms with Crippen LogP contribution in [0.2, 0.25) is 0 Å².